The molecule has 0 aliphatic carbocycles. The van der Waals surface area contributed by atoms with Crippen LogP contribution in [0.5, 0.6) is 0 Å². The lowest BCUT2D eigenvalue weighted by molar-refractivity contribution is 0.588. The second-order valence-electron chi connectivity index (χ2n) is 8.99. The van der Waals surface area contributed by atoms with Crippen molar-refractivity contribution in [1.82, 2.24) is 0 Å². The number of nitrogens with zero attached hydrogens (tertiary/aromatic N) is 2. The molecule has 0 N–H and O–H groups in total. The predicted octanol–water partition coefficient (Wildman–Crippen LogP) is 6.51. The van der Waals surface area contributed by atoms with E-state index in [0.29, 0.717) is 5.56 Å². The number of allylic oxidation sites excluding steroid dienone is 1. The molecule has 0 aromatic heterocycles. The maximum atomic E-state index is 14.7. The number of fused-ring (bicyclic) bond motifs is 1. The Bertz CT molecular complexity index is 913. The van der Waals surface area contributed by atoms with Gasteiger partial charge in [0.05, 0.1) is 11.2 Å². The maximum Gasteiger partial charge on any atom is 0.134 e. The molecule has 0 atom stereocenters. The van der Waals surface area contributed by atoms with Crippen molar-refractivity contribution in [3.63, 3.8) is 0 Å². The Kier molecular flexibility index (Phi) is 4.75. The van der Waals surface area contributed by atoms with Crippen LogP contribution < -0.4 is 4.90 Å². The van der Waals surface area contributed by atoms with E-state index in [1.165, 1.54) is 5.56 Å². The van der Waals surface area contributed by atoms with Crippen LogP contribution in [0.25, 0.3) is 5.57 Å². The monoisotopic (exact) mass is 364 g/mol. The van der Waals surface area contributed by atoms with E-state index >= 15 is 0 Å². The Hall–Kier alpha value is -2.42. The van der Waals surface area contributed by atoms with E-state index in [4.69, 9.17) is 0 Å². The zero-order valence-electron chi connectivity index (χ0n) is 17.4. The molecule has 0 unspecified atom stereocenters. The van der Waals surface area contributed by atoms with Crippen LogP contribution in [0, 0.1) is 5.82 Å². The second kappa shape index (κ2) is 6.63. The van der Waals surface area contributed by atoms with Crippen molar-refractivity contribution in [3.05, 3.63) is 65.0 Å². The van der Waals surface area contributed by atoms with Gasteiger partial charge in [-0.3, -0.25) is 4.99 Å². The fourth-order valence-electron chi connectivity index (χ4n) is 3.48. The van der Waals surface area contributed by atoms with Crippen molar-refractivity contribution in [2.45, 2.75) is 52.5 Å². The van der Waals surface area contributed by atoms with Crippen molar-refractivity contribution >= 4 is 23.2 Å². The van der Waals surface area contributed by atoms with Gasteiger partial charge < -0.3 is 4.90 Å². The van der Waals surface area contributed by atoms with Crippen LogP contribution in [0.2, 0.25) is 0 Å². The number of likely N-dealkylation sites (N-methyl/N-ethyl adjacent to an activating group) is 1. The maximum absolute atomic E-state index is 14.7. The molecule has 0 spiro atoms. The van der Waals surface area contributed by atoms with Gasteiger partial charge in [0.15, 0.2) is 0 Å². The third-order valence-corrected chi connectivity index (χ3v) is 5.42. The van der Waals surface area contributed by atoms with Crippen molar-refractivity contribution in [2.75, 3.05) is 11.9 Å². The molecule has 0 saturated carbocycles. The van der Waals surface area contributed by atoms with E-state index in [-0.39, 0.29) is 16.8 Å². The Labute approximate surface area is 162 Å². The SMILES string of the molecule is CC1=CC(C)(C)N(C)c2cc(F)c(C=Nc3ccc(C(C)(C)C)cc3)cc21. The molecule has 0 amide bonds. The summed E-state index contributed by atoms with van der Waals surface area (Å²) >= 11 is 0. The summed E-state index contributed by atoms with van der Waals surface area (Å²) in [6.07, 6.45) is 3.84. The van der Waals surface area contributed by atoms with Gasteiger partial charge in [0, 0.05) is 30.1 Å². The molecule has 0 bridgehead atoms. The summed E-state index contributed by atoms with van der Waals surface area (Å²) in [5, 5.41) is 0. The molecule has 27 heavy (non-hydrogen) atoms. The largest absolute Gasteiger partial charge is 0.365 e. The number of rotatable bonds is 2. The number of aliphatic imine (C=N–C) groups is 1. The molecular weight excluding hydrogens is 335 g/mol. The average Bonchev–Trinajstić information content (AvgIpc) is 2.57. The van der Waals surface area contributed by atoms with Crippen LogP contribution in [0.3, 0.4) is 0 Å². The first-order chi connectivity index (χ1) is 12.5. The number of anilines is 1. The van der Waals surface area contributed by atoms with Gasteiger partial charge in [0.1, 0.15) is 5.82 Å². The van der Waals surface area contributed by atoms with Crippen molar-refractivity contribution in [1.29, 1.82) is 0 Å². The Morgan fingerprint density at radius 1 is 1.07 bits per heavy atom. The third kappa shape index (κ3) is 3.83. The number of benzene rings is 2. The summed E-state index contributed by atoms with van der Waals surface area (Å²) in [7, 11) is 2.01. The summed E-state index contributed by atoms with van der Waals surface area (Å²) in [6.45, 7) is 12.9. The van der Waals surface area contributed by atoms with E-state index in [2.05, 4.69) is 69.6 Å². The Morgan fingerprint density at radius 3 is 2.30 bits per heavy atom. The lowest BCUT2D eigenvalue weighted by Crippen LogP contribution is -2.42. The summed E-state index contributed by atoms with van der Waals surface area (Å²) < 4.78 is 14.7. The Morgan fingerprint density at radius 2 is 1.70 bits per heavy atom. The van der Waals surface area contributed by atoms with Gasteiger partial charge in [0.25, 0.3) is 0 Å². The molecule has 1 heterocycles. The zero-order valence-corrected chi connectivity index (χ0v) is 17.4. The quantitative estimate of drug-likeness (QED) is 0.555. The van der Waals surface area contributed by atoms with Gasteiger partial charge >= 0.3 is 0 Å². The summed E-state index contributed by atoms with van der Waals surface area (Å²) in [4.78, 5) is 6.60. The highest BCUT2D eigenvalue weighted by Crippen LogP contribution is 2.38. The van der Waals surface area contributed by atoms with Gasteiger partial charge in [-0.2, -0.15) is 0 Å². The number of hydrogen-bond acceptors (Lipinski definition) is 2. The van der Waals surface area contributed by atoms with Gasteiger partial charge in [-0.25, -0.2) is 4.39 Å². The van der Waals surface area contributed by atoms with Crippen LogP contribution in [-0.2, 0) is 5.41 Å². The Balaban J connectivity index is 1.93. The molecule has 3 rings (SSSR count). The first-order valence-electron chi connectivity index (χ1n) is 9.41. The summed E-state index contributed by atoms with van der Waals surface area (Å²) in [5.41, 5.74) is 5.71. The van der Waals surface area contributed by atoms with E-state index in [1.54, 1.807) is 12.3 Å². The molecule has 0 radical (unpaired) electrons. The molecular formula is C24H29FN2. The standard InChI is InChI=1S/C24H29FN2/c1-16-14-24(5,6)27(7)22-13-21(25)17(12-20(16)22)15-26-19-10-8-18(9-11-19)23(2,3)4/h8-15H,1-7H3. The fourth-order valence-corrected chi connectivity index (χ4v) is 3.48. The van der Waals surface area contributed by atoms with E-state index in [1.807, 2.05) is 25.2 Å². The molecule has 1 aliphatic rings. The van der Waals surface area contributed by atoms with Crippen LogP contribution in [0.15, 0.2) is 47.5 Å². The minimum absolute atomic E-state index is 0.108. The van der Waals surface area contributed by atoms with Crippen LogP contribution in [0.4, 0.5) is 15.8 Å². The van der Waals surface area contributed by atoms with Crippen molar-refractivity contribution < 1.29 is 4.39 Å². The molecule has 2 nitrogen and oxygen atoms in total. The number of hydrogen-bond donors (Lipinski definition) is 0. The van der Waals surface area contributed by atoms with Crippen molar-refractivity contribution in [2.24, 2.45) is 4.99 Å². The number of halogens is 1. The summed E-state index contributed by atoms with van der Waals surface area (Å²) in [5.74, 6) is -0.249. The van der Waals surface area contributed by atoms with Gasteiger partial charge in [-0.1, -0.05) is 39.0 Å². The lowest BCUT2D eigenvalue weighted by atomic mass is 9.87. The highest BCUT2D eigenvalue weighted by atomic mass is 19.1. The van der Waals surface area contributed by atoms with Gasteiger partial charge in [0.2, 0.25) is 0 Å². The van der Waals surface area contributed by atoms with Gasteiger partial charge in [-0.05, 0) is 61.6 Å². The second-order valence-corrected chi connectivity index (χ2v) is 8.99. The molecule has 1 aliphatic heterocycles. The summed E-state index contributed by atoms with van der Waals surface area (Å²) in [6, 6.07) is 11.6. The average molecular weight is 365 g/mol. The molecule has 142 valence electrons. The van der Waals surface area contributed by atoms with Crippen LogP contribution in [0.1, 0.15) is 58.2 Å². The fraction of sp³-hybridized carbons (Fsp3) is 0.375. The van der Waals surface area contributed by atoms with Crippen molar-refractivity contribution in [3.8, 4) is 0 Å². The van der Waals surface area contributed by atoms with E-state index < -0.39 is 0 Å². The molecule has 3 heteroatoms. The highest BCUT2D eigenvalue weighted by Gasteiger charge is 2.29. The zero-order chi connectivity index (χ0) is 20.0. The lowest BCUT2D eigenvalue weighted by Gasteiger charge is -2.40. The highest BCUT2D eigenvalue weighted by molar-refractivity contribution is 5.89. The molecule has 0 fully saturated rings. The van der Waals surface area contributed by atoms with Crippen LogP contribution in [-0.4, -0.2) is 18.8 Å². The molecule has 0 saturated heterocycles. The smallest absolute Gasteiger partial charge is 0.134 e. The van der Waals surface area contributed by atoms with Gasteiger partial charge in [-0.15, -0.1) is 0 Å². The normalized spacial score (nSPS) is 16.4. The van der Waals surface area contributed by atoms with Crippen LogP contribution >= 0.6 is 0 Å². The predicted molar refractivity (Wildman–Crippen MR) is 115 cm³/mol. The minimum atomic E-state index is -0.249. The molecule has 2 aromatic carbocycles. The molecule has 2 aromatic rings. The first kappa shape index (κ1) is 19.3. The minimum Gasteiger partial charge on any atom is -0.365 e. The van der Waals surface area contributed by atoms with E-state index in [0.717, 1.165) is 22.5 Å². The first-order valence-corrected chi connectivity index (χ1v) is 9.41. The topological polar surface area (TPSA) is 15.6 Å². The third-order valence-electron chi connectivity index (χ3n) is 5.42. The van der Waals surface area contributed by atoms with E-state index in [9.17, 15) is 4.39 Å².